The van der Waals surface area contributed by atoms with Crippen molar-refractivity contribution < 1.29 is 4.79 Å². The third-order valence-electron chi connectivity index (χ3n) is 4.03. The van der Waals surface area contributed by atoms with Crippen LogP contribution in [0.2, 0.25) is 0 Å². The molecule has 3 rings (SSSR count). The van der Waals surface area contributed by atoms with Gasteiger partial charge in [0.25, 0.3) is 0 Å². The molecule has 110 valence electrons. The molecule has 1 aromatic carbocycles. The molecular weight excluding hydrogens is 264 g/mol. The smallest absolute Gasteiger partial charge is 0.229 e. The molecule has 1 N–H and O–H groups in total. The Morgan fingerprint density at radius 3 is 2.95 bits per heavy atom. The van der Waals surface area contributed by atoms with Crippen LogP contribution in [0.1, 0.15) is 18.2 Å². The number of aromatic nitrogens is 2. The van der Waals surface area contributed by atoms with Crippen molar-refractivity contribution >= 4 is 11.6 Å². The maximum Gasteiger partial charge on any atom is 0.229 e. The maximum atomic E-state index is 12.6. The molecule has 1 aliphatic heterocycles. The van der Waals surface area contributed by atoms with Crippen LogP contribution in [0.25, 0.3) is 0 Å². The summed E-state index contributed by atoms with van der Waals surface area (Å²) in [5.41, 5.74) is 3.27. The van der Waals surface area contributed by atoms with Crippen LogP contribution in [0.3, 0.4) is 0 Å². The van der Waals surface area contributed by atoms with E-state index in [0.717, 1.165) is 12.2 Å². The topological polar surface area (TPSA) is 52.2 Å². The highest BCUT2D eigenvalue weighted by Gasteiger charge is 2.26. The molecule has 2 aromatic rings. The minimum atomic E-state index is 0.136. The standard InChI is InChI=1S/C16H20N4O/c1-12-10-19(2)15-6-4-3-5-13(15)11-20(12)16(21)9-14-7-8-17-18-14/h3-8,12H,9-11H2,1-2H3,(H,17,18). The van der Waals surface area contributed by atoms with Crippen molar-refractivity contribution in [1.29, 1.82) is 0 Å². The van der Waals surface area contributed by atoms with E-state index in [1.54, 1.807) is 6.20 Å². The van der Waals surface area contributed by atoms with Crippen molar-refractivity contribution in [2.45, 2.75) is 25.9 Å². The van der Waals surface area contributed by atoms with Gasteiger partial charge in [0.1, 0.15) is 0 Å². The van der Waals surface area contributed by atoms with Gasteiger partial charge in [-0.25, -0.2) is 0 Å². The van der Waals surface area contributed by atoms with E-state index >= 15 is 0 Å². The summed E-state index contributed by atoms with van der Waals surface area (Å²) in [6.07, 6.45) is 2.05. The fourth-order valence-corrected chi connectivity index (χ4v) is 2.93. The lowest BCUT2D eigenvalue weighted by Gasteiger charge is -2.28. The number of fused-ring (bicyclic) bond motifs is 1. The third kappa shape index (κ3) is 2.77. The lowest BCUT2D eigenvalue weighted by molar-refractivity contribution is -0.132. The minimum Gasteiger partial charge on any atom is -0.372 e. The molecule has 1 amide bonds. The van der Waals surface area contributed by atoms with Gasteiger partial charge >= 0.3 is 0 Å². The van der Waals surface area contributed by atoms with Crippen LogP contribution in [0, 0.1) is 0 Å². The Balaban J connectivity index is 1.83. The molecule has 0 bridgehead atoms. The van der Waals surface area contributed by atoms with E-state index in [-0.39, 0.29) is 11.9 Å². The monoisotopic (exact) mass is 284 g/mol. The molecule has 5 heteroatoms. The summed E-state index contributed by atoms with van der Waals surface area (Å²) in [4.78, 5) is 16.8. The fourth-order valence-electron chi connectivity index (χ4n) is 2.93. The Labute approximate surface area is 124 Å². The first kappa shape index (κ1) is 13.7. The van der Waals surface area contributed by atoms with E-state index in [1.165, 1.54) is 11.3 Å². The Morgan fingerprint density at radius 2 is 2.19 bits per heavy atom. The van der Waals surface area contributed by atoms with Crippen LogP contribution in [0.4, 0.5) is 5.69 Å². The number of hydrogen-bond acceptors (Lipinski definition) is 3. The second-order valence-electron chi connectivity index (χ2n) is 5.64. The average Bonchev–Trinajstić information content (AvgIpc) is 2.93. The largest absolute Gasteiger partial charge is 0.372 e. The van der Waals surface area contributed by atoms with Crippen LogP contribution in [-0.4, -0.2) is 40.6 Å². The number of carbonyl (C=O) groups excluding carboxylic acids is 1. The number of amides is 1. The molecule has 0 saturated heterocycles. The van der Waals surface area contributed by atoms with E-state index in [2.05, 4.69) is 41.2 Å². The summed E-state index contributed by atoms with van der Waals surface area (Å²) in [6, 6.07) is 10.3. The Hall–Kier alpha value is -2.30. The first-order valence-electron chi connectivity index (χ1n) is 7.22. The van der Waals surface area contributed by atoms with Crippen molar-refractivity contribution in [2.24, 2.45) is 0 Å². The number of nitrogens with one attached hydrogen (secondary N) is 1. The summed E-state index contributed by atoms with van der Waals surface area (Å²) < 4.78 is 0. The highest BCUT2D eigenvalue weighted by atomic mass is 16.2. The van der Waals surface area contributed by atoms with E-state index in [4.69, 9.17) is 0 Å². The van der Waals surface area contributed by atoms with E-state index < -0.39 is 0 Å². The number of anilines is 1. The van der Waals surface area contributed by atoms with Crippen molar-refractivity contribution in [3.05, 3.63) is 47.8 Å². The number of H-pyrrole nitrogens is 1. The molecule has 2 heterocycles. The SMILES string of the molecule is CC1CN(C)c2ccccc2CN1C(=O)Cc1ccn[nH]1. The molecule has 1 atom stereocenters. The van der Waals surface area contributed by atoms with Gasteiger partial charge in [0.05, 0.1) is 6.42 Å². The number of aromatic amines is 1. The average molecular weight is 284 g/mol. The molecule has 21 heavy (non-hydrogen) atoms. The lowest BCUT2D eigenvalue weighted by atomic mass is 10.1. The number of nitrogens with zero attached hydrogens (tertiary/aromatic N) is 3. The molecule has 0 spiro atoms. The van der Waals surface area contributed by atoms with Crippen LogP contribution in [-0.2, 0) is 17.8 Å². The number of carbonyl (C=O) groups is 1. The zero-order chi connectivity index (χ0) is 14.8. The highest BCUT2D eigenvalue weighted by molar-refractivity contribution is 5.79. The highest BCUT2D eigenvalue weighted by Crippen LogP contribution is 2.26. The Morgan fingerprint density at radius 1 is 1.38 bits per heavy atom. The maximum absolute atomic E-state index is 12.6. The van der Waals surface area contributed by atoms with Gasteiger partial charge in [-0.05, 0) is 24.6 Å². The normalized spacial score (nSPS) is 18.3. The Kier molecular flexibility index (Phi) is 3.64. The zero-order valence-corrected chi connectivity index (χ0v) is 12.4. The molecule has 1 aliphatic rings. The van der Waals surface area contributed by atoms with E-state index in [1.807, 2.05) is 23.1 Å². The summed E-state index contributed by atoms with van der Waals surface area (Å²) in [5.74, 6) is 0.136. The van der Waals surface area contributed by atoms with Gasteiger partial charge in [0, 0.05) is 43.8 Å². The number of hydrogen-bond donors (Lipinski definition) is 1. The lowest BCUT2D eigenvalue weighted by Crippen LogP contribution is -2.42. The van der Waals surface area contributed by atoms with Gasteiger partial charge in [-0.2, -0.15) is 5.10 Å². The Bertz CT molecular complexity index is 623. The van der Waals surface area contributed by atoms with Crippen LogP contribution in [0.15, 0.2) is 36.5 Å². The van der Waals surface area contributed by atoms with Gasteiger partial charge < -0.3 is 9.80 Å². The molecule has 1 unspecified atom stereocenters. The molecule has 0 saturated carbocycles. The second-order valence-corrected chi connectivity index (χ2v) is 5.64. The van der Waals surface area contributed by atoms with Gasteiger partial charge in [-0.3, -0.25) is 9.89 Å². The van der Waals surface area contributed by atoms with Crippen LogP contribution >= 0.6 is 0 Å². The summed E-state index contributed by atoms with van der Waals surface area (Å²) in [7, 11) is 2.08. The first-order valence-corrected chi connectivity index (χ1v) is 7.22. The third-order valence-corrected chi connectivity index (χ3v) is 4.03. The number of rotatable bonds is 2. The predicted molar refractivity (Wildman–Crippen MR) is 82.0 cm³/mol. The van der Waals surface area contributed by atoms with Crippen molar-refractivity contribution in [2.75, 3.05) is 18.5 Å². The van der Waals surface area contributed by atoms with Gasteiger partial charge in [-0.1, -0.05) is 18.2 Å². The van der Waals surface area contributed by atoms with Gasteiger partial charge in [-0.15, -0.1) is 0 Å². The molecule has 0 radical (unpaired) electrons. The number of benzene rings is 1. The minimum absolute atomic E-state index is 0.136. The summed E-state index contributed by atoms with van der Waals surface area (Å²) >= 11 is 0. The number of para-hydroxylation sites is 1. The zero-order valence-electron chi connectivity index (χ0n) is 12.4. The van der Waals surface area contributed by atoms with E-state index in [0.29, 0.717) is 13.0 Å². The predicted octanol–water partition coefficient (Wildman–Crippen LogP) is 1.82. The van der Waals surface area contributed by atoms with E-state index in [9.17, 15) is 4.79 Å². The first-order chi connectivity index (χ1) is 10.1. The van der Waals surface area contributed by atoms with Crippen molar-refractivity contribution in [3.63, 3.8) is 0 Å². The summed E-state index contributed by atoms with van der Waals surface area (Å²) in [5, 5.41) is 6.76. The summed E-state index contributed by atoms with van der Waals surface area (Å²) in [6.45, 7) is 3.60. The molecule has 5 nitrogen and oxygen atoms in total. The van der Waals surface area contributed by atoms with Crippen molar-refractivity contribution in [3.8, 4) is 0 Å². The molecule has 0 aliphatic carbocycles. The fraction of sp³-hybridized carbons (Fsp3) is 0.375. The van der Waals surface area contributed by atoms with Crippen LogP contribution < -0.4 is 4.90 Å². The quantitative estimate of drug-likeness (QED) is 0.915. The molecular formula is C16H20N4O. The van der Waals surface area contributed by atoms with Gasteiger partial charge in [0.2, 0.25) is 5.91 Å². The van der Waals surface area contributed by atoms with Crippen LogP contribution in [0.5, 0.6) is 0 Å². The van der Waals surface area contributed by atoms with Gasteiger partial charge in [0.15, 0.2) is 0 Å². The second kappa shape index (κ2) is 5.60. The molecule has 0 fully saturated rings. The molecule has 1 aromatic heterocycles. The van der Waals surface area contributed by atoms with Crippen molar-refractivity contribution in [1.82, 2.24) is 15.1 Å². The number of likely N-dealkylation sites (N-methyl/N-ethyl adjacent to an activating group) is 1.